The third-order valence-corrected chi connectivity index (χ3v) is 6.29. The Bertz CT molecular complexity index is 1070. The molecule has 0 radical (unpaired) electrons. The number of methoxy groups -OCH3 is 2. The van der Waals surface area contributed by atoms with E-state index >= 15 is 0 Å². The summed E-state index contributed by atoms with van der Waals surface area (Å²) in [7, 11) is 4.96. The molecule has 0 amide bonds. The number of amidine groups is 1. The molecule has 1 N–H and O–H groups in total. The fourth-order valence-corrected chi connectivity index (χ4v) is 4.78. The van der Waals surface area contributed by atoms with Gasteiger partial charge in [0, 0.05) is 56.1 Å². The Balaban J connectivity index is 1.69. The summed E-state index contributed by atoms with van der Waals surface area (Å²) in [5, 5.41) is 3.46. The van der Waals surface area contributed by atoms with Gasteiger partial charge in [0.05, 0.1) is 32.1 Å². The minimum absolute atomic E-state index is 0.0442. The highest BCUT2D eigenvalue weighted by Gasteiger charge is 2.58. The Morgan fingerprint density at radius 2 is 1.87 bits per heavy atom. The lowest BCUT2D eigenvalue weighted by molar-refractivity contribution is -0.119. The van der Waals surface area contributed by atoms with Gasteiger partial charge in [-0.05, 0) is 11.6 Å². The van der Waals surface area contributed by atoms with E-state index in [2.05, 4.69) is 16.4 Å². The predicted molar refractivity (Wildman–Crippen MR) is 119 cm³/mol. The van der Waals surface area contributed by atoms with Crippen molar-refractivity contribution in [2.24, 2.45) is 4.99 Å². The van der Waals surface area contributed by atoms with Crippen molar-refractivity contribution in [3.05, 3.63) is 59.3 Å². The van der Waals surface area contributed by atoms with E-state index in [1.54, 1.807) is 21.3 Å². The van der Waals surface area contributed by atoms with Crippen molar-refractivity contribution in [2.75, 3.05) is 44.7 Å². The van der Waals surface area contributed by atoms with Gasteiger partial charge in [-0.2, -0.15) is 0 Å². The van der Waals surface area contributed by atoms with E-state index in [0.29, 0.717) is 49.0 Å². The van der Waals surface area contributed by atoms with Gasteiger partial charge >= 0.3 is 0 Å². The summed E-state index contributed by atoms with van der Waals surface area (Å²) in [4.78, 5) is 20.6. The van der Waals surface area contributed by atoms with Crippen molar-refractivity contribution in [3.63, 3.8) is 0 Å². The zero-order valence-electron chi connectivity index (χ0n) is 17.9. The number of para-hydroxylation sites is 1. The van der Waals surface area contributed by atoms with Crippen molar-refractivity contribution < 1.29 is 19.0 Å². The smallest absolute Gasteiger partial charge is 0.196 e. The number of hydrogen-bond donors (Lipinski definition) is 1. The third kappa shape index (κ3) is 2.91. The molecule has 0 unspecified atom stereocenters. The van der Waals surface area contributed by atoms with Gasteiger partial charge in [-0.25, -0.2) is 0 Å². The van der Waals surface area contributed by atoms with Crippen molar-refractivity contribution in [3.8, 4) is 11.5 Å². The molecule has 0 aliphatic carbocycles. The number of rotatable bonds is 3. The molecule has 3 aliphatic heterocycles. The summed E-state index contributed by atoms with van der Waals surface area (Å²) < 4.78 is 16.7. The maximum absolute atomic E-state index is 14.0. The molecule has 7 nitrogen and oxygen atoms in total. The minimum atomic E-state index is -0.828. The van der Waals surface area contributed by atoms with E-state index in [9.17, 15) is 4.79 Å². The molecule has 3 aliphatic rings. The Labute approximate surface area is 181 Å². The average molecular weight is 419 g/mol. The molecule has 5 rings (SSSR count). The van der Waals surface area contributed by atoms with Gasteiger partial charge < -0.3 is 24.4 Å². The number of fused-ring (bicyclic) bond motifs is 1. The molecule has 3 heterocycles. The minimum Gasteiger partial charge on any atom is -0.497 e. The van der Waals surface area contributed by atoms with E-state index in [-0.39, 0.29) is 5.78 Å². The molecule has 0 saturated carbocycles. The normalized spacial score (nSPS) is 26.0. The van der Waals surface area contributed by atoms with Crippen LogP contribution in [0.2, 0.25) is 0 Å². The summed E-state index contributed by atoms with van der Waals surface area (Å²) in [5.74, 6) is 1.99. The van der Waals surface area contributed by atoms with Gasteiger partial charge in [-0.1, -0.05) is 18.2 Å². The topological polar surface area (TPSA) is 72.4 Å². The number of ketones is 1. The summed E-state index contributed by atoms with van der Waals surface area (Å²) >= 11 is 0. The molecular formula is C24H25N3O4. The Morgan fingerprint density at radius 3 is 2.48 bits per heavy atom. The highest BCUT2D eigenvalue weighted by atomic mass is 16.5. The van der Waals surface area contributed by atoms with Crippen LogP contribution in [0.15, 0.2) is 58.7 Å². The van der Waals surface area contributed by atoms with E-state index in [4.69, 9.17) is 14.2 Å². The lowest BCUT2D eigenvalue weighted by Crippen LogP contribution is -2.50. The summed E-state index contributed by atoms with van der Waals surface area (Å²) in [6, 6.07) is 13.8. The summed E-state index contributed by atoms with van der Waals surface area (Å²) in [5.41, 5.74) is 3.69. The van der Waals surface area contributed by atoms with E-state index in [0.717, 1.165) is 17.1 Å². The number of ether oxygens (including phenoxy) is 3. The second-order valence-electron chi connectivity index (χ2n) is 7.93. The van der Waals surface area contributed by atoms with Crippen LogP contribution in [0.5, 0.6) is 11.5 Å². The lowest BCUT2D eigenvalue weighted by atomic mass is 9.90. The fourth-order valence-electron chi connectivity index (χ4n) is 4.78. The van der Waals surface area contributed by atoms with E-state index in [1.165, 1.54) is 5.56 Å². The van der Waals surface area contributed by atoms with E-state index in [1.807, 2.05) is 41.3 Å². The SMILES string of the molecule is CN=C1C(=C2Cc3ccccc3N2)C(=O)[C@]2(CCOC2)N1c1cc(OC)cc(OC)c1. The standard InChI is InChI=1S/C24H25N3O4/c1-25-23-21(20-10-15-6-4-5-7-19(15)26-20)22(28)24(8-9-31-14-24)27(23)16-11-17(29-2)13-18(12-16)30-3/h4-7,11-13,26H,8-10,14H2,1-3H3/t24-/m1/s1. The van der Waals surface area contributed by atoms with Crippen LogP contribution < -0.4 is 19.7 Å². The van der Waals surface area contributed by atoms with Gasteiger partial charge in [0.25, 0.3) is 0 Å². The number of Topliss-reactive ketones (excluding diaryl/α,β-unsaturated/α-hetero) is 1. The predicted octanol–water partition coefficient (Wildman–Crippen LogP) is 3.20. The number of nitrogens with one attached hydrogen (secondary N) is 1. The number of aliphatic imine (C=N–C) groups is 1. The van der Waals surface area contributed by atoms with E-state index < -0.39 is 5.54 Å². The van der Waals surface area contributed by atoms with Gasteiger partial charge in [-0.15, -0.1) is 0 Å². The number of carbonyl (C=O) groups is 1. The monoisotopic (exact) mass is 419 g/mol. The van der Waals surface area contributed by atoms with Crippen LogP contribution in [0.4, 0.5) is 11.4 Å². The number of carbonyl (C=O) groups excluding carboxylic acids is 1. The summed E-state index contributed by atoms with van der Waals surface area (Å²) in [6.45, 7) is 0.838. The highest BCUT2D eigenvalue weighted by Crippen LogP contribution is 2.45. The molecule has 2 aromatic carbocycles. The largest absolute Gasteiger partial charge is 0.497 e. The molecule has 2 saturated heterocycles. The zero-order valence-corrected chi connectivity index (χ0v) is 17.9. The van der Waals surface area contributed by atoms with Crippen LogP contribution >= 0.6 is 0 Å². The molecule has 1 atom stereocenters. The molecular weight excluding hydrogens is 394 g/mol. The van der Waals surface area contributed by atoms with Crippen LogP contribution in [0.3, 0.4) is 0 Å². The second-order valence-corrected chi connectivity index (χ2v) is 7.93. The van der Waals surface area contributed by atoms with Crippen molar-refractivity contribution in [1.82, 2.24) is 0 Å². The van der Waals surface area contributed by atoms with Gasteiger partial charge in [0.1, 0.15) is 22.9 Å². The van der Waals surface area contributed by atoms with Gasteiger partial charge in [-0.3, -0.25) is 9.79 Å². The zero-order chi connectivity index (χ0) is 21.6. The molecule has 0 bridgehead atoms. The number of hydrogen-bond acceptors (Lipinski definition) is 6. The molecule has 2 aromatic rings. The van der Waals surface area contributed by atoms with Crippen molar-refractivity contribution in [2.45, 2.75) is 18.4 Å². The van der Waals surface area contributed by atoms with Gasteiger partial charge in [0.2, 0.25) is 0 Å². The number of nitrogens with zero attached hydrogens (tertiary/aromatic N) is 2. The lowest BCUT2D eigenvalue weighted by Gasteiger charge is -2.33. The molecule has 31 heavy (non-hydrogen) atoms. The number of benzene rings is 2. The summed E-state index contributed by atoms with van der Waals surface area (Å²) in [6.07, 6.45) is 1.26. The highest BCUT2D eigenvalue weighted by molar-refractivity contribution is 6.38. The Morgan fingerprint density at radius 1 is 1.13 bits per heavy atom. The van der Waals surface area contributed by atoms with Crippen LogP contribution in [0.1, 0.15) is 12.0 Å². The van der Waals surface area contributed by atoms with Crippen LogP contribution in [0, 0.1) is 0 Å². The Hall–Kier alpha value is -3.32. The second kappa shape index (κ2) is 7.42. The van der Waals surface area contributed by atoms with Gasteiger partial charge in [0.15, 0.2) is 5.78 Å². The van der Waals surface area contributed by atoms with Crippen LogP contribution in [0.25, 0.3) is 0 Å². The molecule has 2 fully saturated rings. The molecule has 7 heteroatoms. The maximum atomic E-state index is 14.0. The fraction of sp³-hybridized carbons (Fsp3) is 0.333. The first-order valence-electron chi connectivity index (χ1n) is 10.3. The third-order valence-electron chi connectivity index (χ3n) is 6.29. The first-order chi connectivity index (χ1) is 15.1. The Kier molecular flexibility index (Phi) is 4.70. The van der Waals surface area contributed by atoms with Crippen LogP contribution in [-0.4, -0.2) is 51.6 Å². The number of allylic oxidation sites excluding steroid dienone is 1. The first-order valence-corrected chi connectivity index (χ1v) is 10.3. The van der Waals surface area contributed by atoms with Crippen molar-refractivity contribution in [1.29, 1.82) is 0 Å². The number of anilines is 2. The molecule has 1 spiro atoms. The molecule has 160 valence electrons. The average Bonchev–Trinajstić information content (AvgIpc) is 3.50. The first kappa shape index (κ1) is 19.6. The van der Waals surface area contributed by atoms with Crippen LogP contribution in [-0.2, 0) is 16.0 Å². The van der Waals surface area contributed by atoms with Crippen molar-refractivity contribution >= 4 is 23.0 Å². The maximum Gasteiger partial charge on any atom is 0.196 e. The quantitative estimate of drug-likeness (QED) is 0.771. The molecule has 0 aromatic heterocycles.